The molecular formula is C5H10O5. The SMILES string of the molecule is O=C(O)O.OC1CCC1O. The molecular weight excluding hydrogens is 140 g/mol. The molecule has 0 bridgehead atoms. The molecule has 0 heterocycles. The summed E-state index contributed by atoms with van der Waals surface area (Å²) >= 11 is 0. The summed E-state index contributed by atoms with van der Waals surface area (Å²) in [4.78, 5) is 8.56. The van der Waals surface area contributed by atoms with Crippen molar-refractivity contribution in [3.05, 3.63) is 0 Å². The van der Waals surface area contributed by atoms with Gasteiger partial charge in [-0.2, -0.15) is 0 Å². The number of carboxylic acid groups (broad SMARTS) is 2. The Morgan fingerprint density at radius 2 is 1.30 bits per heavy atom. The van der Waals surface area contributed by atoms with Gasteiger partial charge in [-0.1, -0.05) is 0 Å². The molecule has 0 radical (unpaired) electrons. The largest absolute Gasteiger partial charge is 0.503 e. The summed E-state index contributed by atoms with van der Waals surface area (Å²) in [5.41, 5.74) is 0. The van der Waals surface area contributed by atoms with E-state index in [1.807, 2.05) is 0 Å². The van der Waals surface area contributed by atoms with Crippen LogP contribution in [0.4, 0.5) is 4.79 Å². The molecule has 0 aromatic heterocycles. The summed E-state index contributed by atoms with van der Waals surface area (Å²) in [6.07, 6.45) is -1.10. The second-order valence-corrected chi connectivity index (χ2v) is 1.99. The number of aliphatic hydroxyl groups is 2. The number of rotatable bonds is 0. The van der Waals surface area contributed by atoms with Crippen LogP contribution in [0.2, 0.25) is 0 Å². The van der Waals surface area contributed by atoms with Gasteiger partial charge in [0.05, 0.1) is 12.2 Å². The van der Waals surface area contributed by atoms with Crippen molar-refractivity contribution in [3.8, 4) is 0 Å². The molecule has 1 aliphatic carbocycles. The molecule has 0 aliphatic heterocycles. The number of hydrogen-bond donors (Lipinski definition) is 4. The highest BCUT2D eigenvalue weighted by Crippen LogP contribution is 2.18. The van der Waals surface area contributed by atoms with Crippen LogP contribution in [-0.4, -0.2) is 38.8 Å². The quantitative estimate of drug-likeness (QED) is 0.381. The lowest BCUT2D eigenvalue weighted by Crippen LogP contribution is -2.35. The van der Waals surface area contributed by atoms with Crippen LogP contribution < -0.4 is 0 Å². The van der Waals surface area contributed by atoms with E-state index in [0.29, 0.717) is 0 Å². The highest BCUT2D eigenvalue weighted by Gasteiger charge is 2.25. The molecule has 0 aromatic carbocycles. The zero-order valence-corrected chi connectivity index (χ0v) is 5.27. The topological polar surface area (TPSA) is 98.0 Å². The predicted octanol–water partition coefficient (Wildman–Crippen LogP) is -0.276. The van der Waals surface area contributed by atoms with Crippen LogP contribution >= 0.6 is 0 Å². The van der Waals surface area contributed by atoms with Crippen molar-refractivity contribution in [2.45, 2.75) is 25.0 Å². The lowest BCUT2D eigenvalue weighted by atomic mass is 9.93. The predicted molar refractivity (Wildman–Crippen MR) is 31.9 cm³/mol. The molecule has 1 saturated carbocycles. The van der Waals surface area contributed by atoms with E-state index in [2.05, 4.69) is 0 Å². The van der Waals surface area contributed by atoms with E-state index >= 15 is 0 Å². The second kappa shape index (κ2) is 4.08. The van der Waals surface area contributed by atoms with Crippen molar-refractivity contribution >= 4 is 6.16 Å². The molecule has 2 unspecified atom stereocenters. The lowest BCUT2D eigenvalue weighted by Gasteiger charge is -2.26. The third-order valence-electron chi connectivity index (χ3n) is 1.20. The molecule has 2 atom stereocenters. The van der Waals surface area contributed by atoms with E-state index in [-0.39, 0.29) is 0 Å². The first-order chi connectivity index (χ1) is 4.54. The first kappa shape index (κ1) is 9.19. The third kappa shape index (κ3) is 4.11. The fourth-order valence-electron chi connectivity index (χ4n) is 0.465. The average molecular weight is 150 g/mol. The Morgan fingerprint density at radius 1 is 1.10 bits per heavy atom. The first-order valence-electron chi connectivity index (χ1n) is 2.82. The van der Waals surface area contributed by atoms with Crippen LogP contribution in [-0.2, 0) is 0 Å². The van der Waals surface area contributed by atoms with E-state index in [1.54, 1.807) is 0 Å². The zero-order chi connectivity index (χ0) is 8.15. The molecule has 0 saturated heterocycles. The first-order valence-corrected chi connectivity index (χ1v) is 2.82. The highest BCUT2D eigenvalue weighted by molar-refractivity contribution is 5.53. The lowest BCUT2D eigenvalue weighted by molar-refractivity contribution is -0.0519. The molecule has 4 N–H and O–H groups in total. The molecule has 5 heteroatoms. The van der Waals surface area contributed by atoms with Gasteiger partial charge in [0.25, 0.3) is 0 Å². The maximum atomic E-state index is 8.56. The molecule has 10 heavy (non-hydrogen) atoms. The summed E-state index contributed by atoms with van der Waals surface area (Å²) in [6.45, 7) is 0. The van der Waals surface area contributed by atoms with Crippen molar-refractivity contribution in [2.24, 2.45) is 0 Å². The smallest absolute Gasteiger partial charge is 0.450 e. The average Bonchev–Trinajstić information content (AvgIpc) is 1.83. The van der Waals surface area contributed by atoms with Crippen LogP contribution in [0.1, 0.15) is 12.8 Å². The molecule has 0 spiro atoms. The minimum atomic E-state index is -1.83. The zero-order valence-electron chi connectivity index (χ0n) is 5.27. The maximum absolute atomic E-state index is 8.56. The summed E-state index contributed by atoms with van der Waals surface area (Å²) in [6, 6.07) is 0. The van der Waals surface area contributed by atoms with Crippen LogP contribution in [0.25, 0.3) is 0 Å². The highest BCUT2D eigenvalue weighted by atomic mass is 16.6. The van der Waals surface area contributed by atoms with Gasteiger partial charge in [-0.15, -0.1) is 0 Å². The van der Waals surface area contributed by atoms with Gasteiger partial charge >= 0.3 is 6.16 Å². The molecule has 0 amide bonds. The van der Waals surface area contributed by atoms with Gasteiger partial charge in [-0.05, 0) is 12.8 Å². The van der Waals surface area contributed by atoms with Crippen LogP contribution in [0.5, 0.6) is 0 Å². The van der Waals surface area contributed by atoms with Gasteiger partial charge in [0, 0.05) is 0 Å². The summed E-state index contributed by atoms with van der Waals surface area (Å²) < 4.78 is 0. The molecule has 1 rings (SSSR count). The van der Waals surface area contributed by atoms with Crippen molar-refractivity contribution in [3.63, 3.8) is 0 Å². The Kier molecular flexibility index (Phi) is 3.75. The maximum Gasteiger partial charge on any atom is 0.503 e. The van der Waals surface area contributed by atoms with Gasteiger partial charge < -0.3 is 20.4 Å². The van der Waals surface area contributed by atoms with E-state index in [0.717, 1.165) is 12.8 Å². The fraction of sp³-hybridized carbons (Fsp3) is 0.800. The standard InChI is InChI=1S/C4H8O2.CH2O3/c5-3-1-2-4(3)6;2-1(3)4/h3-6H,1-2H2;(H2,2,3,4). The van der Waals surface area contributed by atoms with Gasteiger partial charge in [-0.25, -0.2) is 4.79 Å². The Morgan fingerprint density at radius 3 is 1.30 bits per heavy atom. The molecule has 5 nitrogen and oxygen atoms in total. The van der Waals surface area contributed by atoms with Gasteiger partial charge in [0.15, 0.2) is 0 Å². The van der Waals surface area contributed by atoms with E-state index in [1.165, 1.54) is 0 Å². The Hall–Kier alpha value is -0.810. The molecule has 1 aliphatic rings. The van der Waals surface area contributed by atoms with Crippen molar-refractivity contribution in [1.82, 2.24) is 0 Å². The monoisotopic (exact) mass is 150 g/mol. The van der Waals surface area contributed by atoms with Gasteiger partial charge in [0.1, 0.15) is 0 Å². The Balaban J connectivity index is 0.000000180. The van der Waals surface area contributed by atoms with E-state index in [9.17, 15) is 0 Å². The molecule has 60 valence electrons. The van der Waals surface area contributed by atoms with Crippen LogP contribution in [0, 0.1) is 0 Å². The normalized spacial score (nSPS) is 29.4. The summed E-state index contributed by atoms with van der Waals surface area (Å²) in [7, 11) is 0. The molecule has 1 fully saturated rings. The minimum absolute atomic E-state index is 0.412. The fourth-order valence-corrected chi connectivity index (χ4v) is 0.465. The van der Waals surface area contributed by atoms with Gasteiger partial charge in [-0.3, -0.25) is 0 Å². The Bertz CT molecular complexity index is 101. The number of hydrogen-bond acceptors (Lipinski definition) is 3. The van der Waals surface area contributed by atoms with Crippen molar-refractivity contribution < 1.29 is 25.2 Å². The summed E-state index contributed by atoms with van der Waals surface area (Å²) in [5, 5.41) is 30.9. The van der Waals surface area contributed by atoms with Crippen LogP contribution in [0.15, 0.2) is 0 Å². The van der Waals surface area contributed by atoms with E-state index in [4.69, 9.17) is 25.2 Å². The Labute approximate surface area is 57.5 Å². The summed E-state index contributed by atoms with van der Waals surface area (Å²) in [5.74, 6) is 0. The third-order valence-corrected chi connectivity index (χ3v) is 1.20. The van der Waals surface area contributed by atoms with Crippen LogP contribution in [0.3, 0.4) is 0 Å². The van der Waals surface area contributed by atoms with Crippen molar-refractivity contribution in [2.75, 3.05) is 0 Å². The molecule has 0 aromatic rings. The minimum Gasteiger partial charge on any atom is -0.450 e. The number of aliphatic hydroxyl groups excluding tert-OH is 2. The number of carbonyl (C=O) groups is 1. The second-order valence-electron chi connectivity index (χ2n) is 1.99. The van der Waals surface area contributed by atoms with Gasteiger partial charge in [0.2, 0.25) is 0 Å². The van der Waals surface area contributed by atoms with E-state index < -0.39 is 18.4 Å². The van der Waals surface area contributed by atoms with Crippen molar-refractivity contribution in [1.29, 1.82) is 0 Å².